The van der Waals surface area contributed by atoms with Crippen molar-refractivity contribution in [1.29, 1.82) is 0 Å². The Kier molecular flexibility index (Phi) is 10.6. The molecule has 2 amide bonds. The number of nitrogens with zero attached hydrogens (tertiary/aromatic N) is 5. The molecule has 0 unspecified atom stereocenters. The standard InChI is InChI=1S/C37H46N8O3S/c1-37(2,3)32(38)22-33(39-24-9-7-10-26(21-24)49-20-19-46)41-36(47)40-29-15-16-31(28-12-6-5-11-27(28)29)48-25-14-17-34-42-43-35(45(34)23-25)30-13-8-18-44(30)4/h5-7,9-12,14,17,21-23,29-31,46H,8,13,15-16,18-20,38H2,1-4H3,(H2,39,40,41,47)/t29-,30-,31+/m0/s1. The predicted octanol–water partition coefficient (Wildman–Crippen LogP) is 6.45. The first kappa shape index (κ1) is 34.5. The van der Waals surface area contributed by atoms with Crippen molar-refractivity contribution in [2.75, 3.05) is 26.0 Å². The number of nitrogens with two attached hydrogens (primary N) is 1. The summed E-state index contributed by atoms with van der Waals surface area (Å²) in [6.07, 6.45) is 7.16. The highest BCUT2D eigenvalue weighted by atomic mass is 32.2. The number of hydrogen-bond acceptors (Lipinski definition) is 9. The smallest absolute Gasteiger partial charge is 0.320 e. The summed E-state index contributed by atoms with van der Waals surface area (Å²) in [4.78, 5) is 21.6. The van der Waals surface area contributed by atoms with Gasteiger partial charge in [0.25, 0.3) is 0 Å². The van der Waals surface area contributed by atoms with E-state index in [1.807, 2.05) is 75.5 Å². The number of amidine groups is 1. The van der Waals surface area contributed by atoms with Gasteiger partial charge in [0, 0.05) is 27.8 Å². The summed E-state index contributed by atoms with van der Waals surface area (Å²) in [6, 6.07) is 19.3. The third kappa shape index (κ3) is 8.26. The van der Waals surface area contributed by atoms with Crippen molar-refractivity contribution in [1.82, 2.24) is 30.1 Å². The molecule has 6 rings (SSSR count). The minimum absolute atomic E-state index is 0.0887. The Morgan fingerprint density at radius 3 is 2.67 bits per heavy atom. The van der Waals surface area contributed by atoms with Crippen LogP contribution in [0.3, 0.4) is 0 Å². The first-order valence-corrected chi connectivity index (χ1v) is 17.9. The van der Waals surface area contributed by atoms with Crippen LogP contribution in [0, 0.1) is 5.41 Å². The van der Waals surface area contributed by atoms with E-state index in [1.165, 1.54) is 11.8 Å². The third-order valence-corrected chi connectivity index (χ3v) is 10.0. The van der Waals surface area contributed by atoms with Crippen LogP contribution in [0.25, 0.3) is 5.65 Å². The number of aliphatic imine (C=N–C) groups is 1. The molecule has 2 aliphatic rings. The fourth-order valence-corrected chi connectivity index (χ4v) is 7.03. The van der Waals surface area contributed by atoms with Gasteiger partial charge in [0.2, 0.25) is 0 Å². The molecule has 3 heterocycles. The van der Waals surface area contributed by atoms with Crippen LogP contribution >= 0.6 is 11.8 Å². The number of pyridine rings is 1. The van der Waals surface area contributed by atoms with Crippen LogP contribution in [0.15, 0.2) is 88.5 Å². The van der Waals surface area contributed by atoms with Gasteiger partial charge in [-0.2, -0.15) is 0 Å². The first-order chi connectivity index (χ1) is 23.6. The van der Waals surface area contributed by atoms with Gasteiger partial charge >= 0.3 is 6.03 Å². The Morgan fingerprint density at radius 1 is 1.10 bits per heavy atom. The fourth-order valence-electron chi connectivity index (χ4n) is 6.33. The highest BCUT2D eigenvalue weighted by molar-refractivity contribution is 7.99. The van der Waals surface area contributed by atoms with E-state index in [2.05, 4.69) is 49.3 Å². The third-order valence-electron chi connectivity index (χ3n) is 9.07. The van der Waals surface area contributed by atoms with Crippen LogP contribution in [-0.4, -0.2) is 62.4 Å². The quantitative estimate of drug-likeness (QED) is 0.0896. The largest absolute Gasteiger partial charge is 0.484 e. The molecule has 0 saturated carbocycles. The van der Waals surface area contributed by atoms with Crippen LogP contribution in [-0.2, 0) is 0 Å². The number of carbonyl (C=O) groups is 1. The van der Waals surface area contributed by atoms with Crippen LogP contribution < -0.4 is 21.1 Å². The van der Waals surface area contributed by atoms with Crippen molar-refractivity contribution in [3.05, 3.63) is 95.6 Å². The average Bonchev–Trinajstić information content (AvgIpc) is 3.69. The van der Waals surface area contributed by atoms with Crippen molar-refractivity contribution < 1.29 is 14.6 Å². The maximum absolute atomic E-state index is 13.5. The molecule has 3 atom stereocenters. The van der Waals surface area contributed by atoms with Crippen LogP contribution in [0.2, 0.25) is 0 Å². The molecule has 5 N–H and O–H groups in total. The summed E-state index contributed by atoms with van der Waals surface area (Å²) in [5.74, 6) is 2.62. The molecule has 0 bridgehead atoms. The van der Waals surface area contributed by atoms with Crippen molar-refractivity contribution in [3.8, 4) is 5.75 Å². The van der Waals surface area contributed by atoms with Crippen LogP contribution in [0.4, 0.5) is 10.5 Å². The van der Waals surface area contributed by atoms with Gasteiger partial charge in [0.1, 0.15) is 17.7 Å². The molecule has 1 aliphatic heterocycles. The zero-order chi connectivity index (χ0) is 34.5. The number of aliphatic hydroxyl groups excluding tert-OH is 1. The Morgan fingerprint density at radius 2 is 1.92 bits per heavy atom. The second kappa shape index (κ2) is 15.0. The number of aliphatic hydroxyl groups is 1. The predicted molar refractivity (Wildman–Crippen MR) is 194 cm³/mol. The Bertz CT molecular complexity index is 1850. The summed E-state index contributed by atoms with van der Waals surface area (Å²) < 4.78 is 8.67. The number of hydrogen-bond donors (Lipinski definition) is 4. The molecule has 11 nitrogen and oxygen atoms in total. The van der Waals surface area contributed by atoms with Gasteiger partial charge in [0.15, 0.2) is 11.5 Å². The minimum atomic E-state index is -0.371. The maximum Gasteiger partial charge on any atom is 0.320 e. The molecule has 12 heteroatoms. The summed E-state index contributed by atoms with van der Waals surface area (Å²) in [7, 11) is 2.13. The van der Waals surface area contributed by atoms with Gasteiger partial charge in [0.05, 0.1) is 30.6 Å². The van der Waals surface area contributed by atoms with E-state index in [4.69, 9.17) is 15.5 Å². The average molecular weight is 683 g/mol. The van der Waals surface area contributed by atoms with E-state index in [9.17, 15) is 9.90 Å². The molecule has 1 saturated heterocycles. The number of likely N-dealkylation sites (tertiary alicyclic amines) is 1. The number of benzene rings is 2. The fraction of sp³-hybridized carbons (Fsp3) is 0.405. The van der Waals surface area contributed by atoms with Crippen LogP contribution in [0.5, 0.6) is 5.75 Å². The van der Waals surface area contributed by atoms with Gasteiger partial charge < -0.3 is 20.9 Å². The molecule has 1 fully saturated rings. The summed E-state index contributed by atoms with van der Waals surface area (Å²) in [5.41, 5.74) is 10.2. The van der Waals surface area contributed by atoms with Gasteiger partial charge in [-0.3, -0.25) is 14.6 Å². The zero-order valence-corrected chi connectivity index (χ0v) is 29.4. The number of carbonyl (C=O) groups excluding carboxylic acids is 1. The number of nitrogens with one attached hydrogen (secondary N) is 2. The van der Waals surface area contributed by atoms with Crippen molar-refractivity contribution in [2.24, 2.45) is 16.1 Å². The van der Waals surface area contributed by atoms with E-state index in [0.717, 1.165) is 59.1 Å². The van der Waals surface area contributed by atoms with Crippen molar-refractivity contribution in [3.63, 3.8) is 0 Å². The lowest BCUT2D eigenvalue weighted by molar-refractivity contribution is 0.171. The monoisotopic (exact) mass is 682 g/mol. The van der Waals surface area contributed by atoms with E-state index in [1.54, 1.807) is 6.08 Å². The van der Waals surface area contributed by atoms with Gasteiger partial charge in [-0.25, -0.2) is 9.79 Å². The number of rotatable bonds is 9. The molecule has 1 aliphatic carbocycles. The zero-order valence-electron chi connectivity index (χ0n) is 28.6. The molecule has 2 aromatic heterocycles. The maximum atomic E-state index is 13.5. The molecular weight excluding hydrogens is 637 g/mol. The van der Waals surface area contributed by atoms with Crippen LogP contribution in [0.1, 0.15) is 81.6 Å². The number of thioether (sulfide) groups is 1. The molecule has 258 valence electrons. The number of aromatic nitrogens is 3. The second-order valence-corrected chi connectivity index (χ2v) is 14.8. The number of ether oxygens (including phenoxy) is 1. The first-order valence-electron chi connectivity index (χ1n) is 16.9. The second-order valence-electron chi connectivity index (χ2n) is 13.7. The lowest BCUT2D eigenvalue weighted by atomic mass is 9.85. The van der Waals surface area contributed by atoms with Gasteiger partial charge in [-0.05, 0) is 80.7 Å². The van der Waals surface area contributed by atoms with E-state index >= 15 is 0 Å². The number of amides is 2. The molecule has 4 aromatic rings. The van der Waals surface area contributed by atoms with Crippen molar-refractivity contribution in [2.45, 2.75) is 69.5 Å². The lowest BCUT2D eigenvalue weighted by Gasteiger charge is -2.32. The molecule has 0 radical (unpaired) electrons. The number of fused-ring (bicyclic) bond motifs is 2. The Labute approximate surface area is 292 Å². The SMILES string of the molecule is CN1CCC[C@H]1c1nnc2ccc(O[C@@H]3CC[C@H](NC(=O)NC(C=C(N)C(C)(C)C)=Nc4cccc(SCCO)c4)c4ccccc43)cn12. The topological polar surface area (TPSA) is 142 Å². The van der Waals surface area contributed by atoms with E-state index in [-0.39, 0.29) is 36.2 Å². The summed E-state index contributed by atoms with van der Waals surface area (Å²) in [6.45, 7) is 7.18. The highest BCUT2D eigenvalue weighted by Gasteiger charge is 2.31. The lowest BCUT2D eigenvalue weighted by Crippen LogP contribution is -2.42. The summed E-state index contributed by atoms with van der Waals surface area (Å²) >= 11 is 1.54. The van der Waals surface area contributed by atoms with E-state index < -0.39 is 0 Å². The Balaban J connectivity index is 1.19. The Hall–Kier alpha value is -4.39. The highest BCUT2D eigenvalue weighted by Crippen LogP contribution is 2.39. The number of allylic oxidation sites excluding steroid dienone is 1. The molecule has 0 spiro atoms. The van der Waals surface area contributed by atoms with Gasteiger partial charge in [-0.1, -0.05) is 51.1 Å². The van der Waals surface area contributed by atoms with Gasteiger partial charge in [-0.15, -0.1) is 22.0 Å². The van der Waals surface area contributed by atoms with Crippen molar-refractivity contribution >= 4 is 35.0 Å². The molecule has 2 aromatic carbocycles. The normalized spacial score (nSPS) is 20.3. The minimum Gasteiger partial charge on any atom is -0.484 e. The van der Waals surface area contributed by atoms with E-state index in [0.29, 0.717) is 29.4 Å². The summed E-state index contributed by atoms with van der Waals surface area (Å²) in [5, 5.41) is 24.3. The molecule has 49 heavy (non-hydrogen) atoms. The molecular formula is C37H46N8O3S. The number of urea groups is 1.